The summed E-state index contributed by atoms with van der Waals surface area (Å²) in [6.45, 7) is 8.78. The minimum Gasteiger partial charge on any atom is -0.461 e. The maximum Gasteiger partial charge on any atom is 0.341 e. The van der Waals surface area contributed by atoms with E-state index in [1.807, 2.05) is 12.2 Å². The van der Waals surface area contributed by atoms with Crippen LogP contribution in [0.25, 0.3) is 0 Å². The van der Waals surface area contributed by atoms with Crippen molar-refractivity contribution < 1.29 is 79.0 Å². The molecule has 3 rings (SSSR count). The number of fused-ring (bicyclic) bond motifs is 4. The molecular formula is C46H72O16. The number of carbonyl (C=O) groups excluding carboxylic acids is 4. The van der Waals surface area contributed by atoms with Crippen LogP contribution in [0.2, 0.25) is 0 Å². The summed E-state index contributed by atoms with van der Waals surface area (Å²) < 4.78 is 22.3. The van der Waals surface area contributed by atoms with E-state index in [9.17, 15) is 60.0 Å². The molecule has 352 valence electrons. The second-order valence-corrected chi connectivity index (χ2v) is 17.9. The number of rotatable bonds is 0. The topological polar surface area (TPSA) is 267 Å². The molecule has 14 atom stereocenters. The van der Waals surface area contributed by atoms with E-state index in [0.717, 1.165) is 0 Å². The number of allylic oxidation sites excluding steroid dienone is 8. The Kier molecular flexibility index (Phi) is 20.3. The summed E-state index contributed by atoms with van der Waals surface area (Å²) in [7, 11) is 0. The monoisotopic (exact) mass is 880 g/mol. The molecule has 16 heteroatoms. The van der Waals surface area contributed by atoms with Gasteiger partial charge in [0.2, 0.25) is 23.8 Å². The van der Waals surface area contributed by atoms with Crippen LogP contribution in [0.5, 0.6) is 0 Å². The first kappa shape index (κ1) is 53.2. The molecule has 0 radical (unpaired) electrons. The van der Waals surface area contributed by atoms with Gasteiger partial charge in [-0.15, -0.1) is 0 Å². The molecule has 0 spiro atoms. The Hall–Kier alpha value is -3.16. The maximum atomic E-state index is 13.2. The van der Waals surface area contributed by atoms with E-state index in [1.54, 1.807) is 64.2 Å². The lowest BCUT2D eigenvalue weighted by Crippen LogP contribution is -2.68. The van der Waals surface area contributed by atoms with Gasteiger partial charge in [-0.1, -0.05) is 62.5 Å². The minimum atomic E-state index is -2.78. The molecule has 3 heterocycles. The largest absolute Gasteiger partial charge is 0.461 e. The number of aliphatic hydroxyl groups excluding tert-OH is 4. The molecular weight excluding hydrogens is 808 g/mol. The lowest BCUT2D eigenvalue weighted by molar-refractivity contribution is -0.367. The summed E-state index contributed by atoms with van der Waals surface area (Å²) >= 11 is 0. The summed E-state index contributed by atoms with van der Waals surface area (Å²) in [5.41, 5.74) is -4.12. The van der Waals surface area contributed by atoms with E-state index in [0.29, 0.717) is 38.5 Å². The lowest BCUT2D eigenvalue weighted by Gasteiger charge is -2.49. The zero-order valence-corrected chi connectivity index (χ0v) is 37.1. The van der Waals surface area contributed by atoms with Crippen molar-refractivity contribution in [2.75, 3.05) is 0 Å². The summed E-state index contributed by atoms with van der Waals surface area (Å²) in [6.07, 6.45) is 7.05. The molecule has 3 aliphatic heterocycles. The highest BCUT2D eigenvalue weighted by molar-refractivity contribution is 5.82. The Balaban J connectivity index is 1.71. The molecule has 0 aromatic rings. The van der Waals surface area contributed by atoms with Gasteiger partial charge in [0.25, 0.3) is 0 Å². The van der Waals surface area contributed by atoms with Crippen LogP contribution in [-0.2, 0) is 38.1 Å². The number of carbonyl (C=O) groups is 4. The highest BCUT2D eigenvalue weighted by Crippen LogP contribution is 2.42. The zero-order chi connectivity index (χ0) is 46.5. The number of ether oxygens (including phenoxy) is 4. The van der Waals surface area contributed by atoms with Crippen molar-refractivity contribution in [3.63, 3.8) is 0 Å². The molecule has 3 aliphatic rings. The number of cyclic esters (lactones) is 2. The molecule has 0 aliphatic carbocycles. The van der Waals surface area contributed by atoms with Crippen LogP contribution < -0.4 is 0 Å². The number of hydrogen-bond acceptors (Lipinski definition) is 16. The SMILES string of the molecule is C[C@@H]1C(=O)C[C@@H](O)CC/C=C/C=C/CC[C@H](C)OC(=O)[C@H](O)[C@]2(O)O[C@@H](CC[C@]2(C)O)[C@H](C)C(=O)C[C@@H](O)CC/C=C/C=C/CC[C@H](C)OC(=O)[C@H](O)[C@]2(O)O[C@H]1CC[C@]2(C)O. The van der Waals surface area contributed by atoms with Crippen molar-refractivity contribution in [3.05, 3.63) is 48.6 Å². The van der Waals surface area contributed by atoms with E-state index in [2.05, 4.69) is 0 Å². The van der Waals surface area contributed by atoms with E-state index >= 15 is 0 Å². The fourth-order valence-corrected chi connectivity index (χ4v) is 7.82. The lowest BCUT2D eigenvalue weighted by atomic mass is 9.79. The second kappa shape index (κ2) is 23.7. The Labute approximate surface area is 365 Å². The molecule has 4 bridgehead atoms. The molecule has 0 aromatic carbocycles. The van der Waals surface area contributed by atoms with Gasteiger partial charge in [0.05, 0.1) is 36.6 Å². The van der Waals surface area contributed by atoms with Crippen LogP contribution in [-0.4, -0.2) is 136 Å². The average Bonchev–Trinajstić information content (AvgIpc) is 3.20. The zero-order valence-electron chi connectivity index (χ0n) is 37.1. The molecule has 0 aromatic heterocycles. The van der Waals surface area contributed by atoms with Crippen LogP contribution in [0.1, 0.15) is 131 Å². The van der Waals surface area contributed by atoms with Crippen molar-refractivity contribution in [1.82, 2.24) is 0 Å². The summed E-state index contributed by atoms with van der Waals surface area (Å²) in [6, 6.07) is 0. The van der Waals surface area contributed by atoms with Crippen molar-refractivity contribution in [2.24, 2.45) is 11.8 Å². The van der Waals surface area contributed by atoms with Gasteiger partial charge in [-0.25, -0.2) is 9.59 Å². The third-order valence-electron chi connectivity index (χ3n) is 12.4. The fraction of sp³-hybridized carbons (Fsp3) is 0.739. The second-order valence-electron chi connectivity index (χ2n) is 17.9. The quantitative estimate of drug-likeness (QED) is 0.163. The minimum absolute atomic E-state index is 0.0985. The number of Topliss-reactive ketones (excluding diaryl/α,β-unsaturated/α-hetero) is 2. The van der Waals surface area contributed by atoms with Crippen molar-refractivity contribution in [2.45, 2.75) is 203 Å². The van der Waals surface area contributed by atoms with Gasteiger partial charge in [-0.3, -0.25) is 9.59 Å². The number of hydrogen-bond donors (Lipinski definition) is 8. The number of ketones is 2. The summed E-state index contributed by atoms with van der Waals surface area (Å²) in [4.78, 5) is 52.3. The predicted molar refractivity (Wildman–Crippen MR) is 226 cm³/mol. The first-order valence-electron chi connectivity index (χ1n) is 22.0. The molecule has 0 unspecified atom stereocenters. The van der Waals surface area contributed by atoms with Crippen molar-refractivity contribution >= 4 is 23.5 Å². The molecule has 8 N–H and O–H groups in total. The Morgan fingerprint density at radius 3 is 1.13 bits per heavy atom. The van der Waals surface area contributed by atoms with Gasteiger partial charge in [0.1, 0.15) is 22.8 Å². The Bertz CT molecular complexity index is 1490. The van der Waals surface area contributed by atoms with Gasteiger partial charge in [0.15, 0.2) is 0 Å². The van der Waals surface area contributed by atoms with Crippen LogP contribution in [0.3, 0.4) is 0 Å². The smallest absolute Gasteiger partial charge is 0.341 e. The van der Waals surface area contributed by atoms with E-state index in [-0.39, 0.29) is 62.9 Å². The molecule has 2 fully saturated rings. The average molecular weight is 881 g/mol. The highest BCUT2D eigenvalue weighted by Gasteiger charge is 2.61. The van der Waals surface area contributed by atoms with E-state index < -0.39 is 95.4 Å². The molecule has 0 amide bonds. The highest BCUT2D eigenvalue weighted by atomic mass is 16.7. The van der Waals surface area contributed by atoms with Crippen molar-refractivity contribution in [3.8, 4) is 0 Å². The van der Waals surface area contributed by atoms with Crippen LogP contribution in [0.4, 0.5) is 0 Å². The normalized spacial score (nSPS) is 43.8. The van der Waals surface area contributed by atoms with E-state index in [4.69, 9.17) is 18.9 Å². The fourth-order valence-electron chi connectivity index (χ4n) is 7.82. The molecule has 2 saturated heterocycles. The predicted octanol–water partition coefficient (Wildman–Crippen LogP) is 3.08. The molecule has 62 heavy (non-hydrogen) atoms. The van der Waals surface area contributed by atoms with Crippen LogP contribution >= 0.6 is 0 Å². The summed E-state index contributed by atoms with van der Waals surface area (Å²) in [5.74, 6) is -10.4. The standard InChI is InChI=1S/C46H72O16/c1-29-19-15-11-7-9-13-17-21-33(47)28-36(50)32(4)38-24-26-44(6,56)46(58,62-38)40(52)42(54)60-30(2)20-16-12-8-10-14-18-22-34(48)27-35(49)31(3)37-23-25-43(5,55)45(57,61-37)39(51)41(53)59-29/h7-14,29-34,37-40,47-48,51-52,55-58H,15-28H2,1-6H3/b11-7+,12-8+,13-9+,14-10+/t29-,30-,31+,32+,33-,34-,37-,38-,39-,40-,43-,44-,45-,46-/m0/s1. The van der Waals surface area contributed by atoms with Gasteiger partial charge in [-0.05, 0) is 105 Å². The number of esters is 2. The van der Waals surface area contributed by atoms with Gasteiger partial charge in [-0.2, -0.15) is 0 Å². The molecule has 0 saturated carbocycles. The Morgan fingerprint density at radius 2 is 0.806 bits per heavy atom. The first-order valence-corrected chi connectivity index (χ1v) is 22.0. The maximum absolute atomic E-state index is 13.2. The molecule has 16 nitrogen and oxygen atoms in total. The van der Waals surface area contributed by atoms with Gasteiger partial charge >= 0.3 is 11.9 Å². The van der Waals surface area contributed by atoms with E-state index in [1.165, 1.54) is 13.8 Å². The van der Waals surface area contributed by atoms with Crippen LogP contribution in [0.15, 0.2) is 48.6 Å². The third kappa shape index (κ3) is 14.4. The van der Waals surface area contributed by atoms with Gasteiger partial charge < -0.3 is 59.8 Å². The Morgan fingerprint density at radius 1 is 0.500 bits per heavy atom. The van der Waals surface area contributed by atoms with Crippen LogP contribution in [0, 0.1) is 11.8 Å². The third-order valence-corrected chi connectivity index (χ3v) is 12.4. The summed E-state index contributed by atoms with van der Waals surface area (Å²) in [5, 5.41) is 88.1. The first-order chi connectivity index (χ1) is 29.0. The number of aliphatic hydroxyl groups is 8. The van der Waals surface area contributed by atoms with Crippen molar-refractivity contribution in [1.29, 1.82) is 0 Å². The van der Waals surface area contributed by atoms with Gasteiger partial charge in [0, 0.05) is 24.7 Å².